The lowest BCUT2D eigenvalue weighted by Crippen LogP contribution is -2.33. The second-order valence-electron chi connectivity index (χ2n) is 6.33. The van der Waals surface area contributed by atoms with E-state index in [1.807, 2.05) is 0 Å². The fraction of sp³-hybridized carbons (Fsp3) is 0.421. The van der Waals surface area contributed by atoms with Crippen LogP contribution in [0, 0.1) is 0 Å². The summed E-state index contributed by atoms with van der Waals surface area (Å²) in [7, 11) is 0. The molecule has 0 aromatic heterocycles. The number of carbonyl (C=O) groups is 3. The Balaban J connectivity index is 1.55. The number of hydrogen-bond acceptors (Lipinski definition) is 6. The molecule has 1 aromatic carbocycles. The molecule has 1 aliphatic carbocycles. The zero-order valence-electron chi connectivity index (χ0n) is 14.9. The third-order valence-corrected chi connectivity index (χ3v) is 4.32. The summed E-state index contributed by atoms with van der Waals surface area (Å²) in [6.07, 6.45) is 5.32. The zero-order chi connectivity index (χ0) is 19.1. The third-order valence-electron chi connectivity index (χ3n) is 4.32. The van der Waals surface area contributed by atoms with Crippen LogP contribution in [0.5, 0.6) is 0 Å². The van der Waals surface area contributed by atoms with Crippen LogP contribution >= 0.6 is 0 Å². The summed E-state index contributed by atoms with van der Waals surface area (Å²) >= 11 is 0. The lowest BCUT2D eigenvalue weighted by Gasteiger charge is -2.16. The molecule has 2 N–H and O–H groups in total. The quantitative estimate of drug-likeness (QED) is 0.735. The van der Waals surface area contributed by atoms with E-state index < -0.39 is 18.5 Å². The number of ether oxygens (including phenoxy) is 3. The van der Waals surface area contributed by atoms with Gasteiger partial charge in [-0.1, -0.05) is 25.0 Å². The van der Waals surface area contributed by atoms with Crippen molar-refractivity contribution in [3.8, 4) is 0 Å². The van der Waals surface area contributed by atoms with Crippen molar-refractivity contribution in [2.75, 3.05) is 25.1 Å². The Morgan fingerprint density at radius 3 is 2.63 bits per heavy atom. The van der Waals surface area contributed by atoms with Crippen LogP contribution in [-0.4, -0.2) is 43.6 Å². The highest BCUT2D eigenvalue weighted by atomic mass is 16.6. The molecule has 0 bridgehead atoms. The summed E-state index contributed by atoms with van der Waals surface area (Å²) in [4.78, 5) is 36.4. The maximum Gasteiger partial charge on any atom is 0.377 e. The van der Waals surface area contributed by atoms with Gasteiger partial charge in [-0.15, -0.1) is 0 Å². The molecule has 1 heterocycles. The molecule has 0 unspecified atom stereocenters. The van der Waals surface area contributed by atoms with Crippen molar-refractivity contribution in [1.82, 2.24) is 5.32 Å². The van der Waals surface area contributed by atoms with Crippen LogP contribution < -0.4 is 10.6 Å². The number of anilines is 1. The fourth-order valence-corrected chi connectivity index (χ4v) is 2.99. The molecule has 0 atom stereocenters. The molecule has 0 saturated heterocycles. The van der Waals surface area contributed by atoms with Gasteiger partial charge in [0.15, 0.2) is 6.61 Å². The Kier molecular flexibility index (Phi) is 6.30. The Labute approximate surface area is 156 Å². The first-order valence-electron chi connectivity index (χ1n) is 8.95. The SMILES string of the molecule is O=C(COC(=O)C1=COCCO1)Nc1ccccc1C(=O)NC1CCCC1. The van der Waals surface area contributed by atoms with Crippen molar-refractivity contribution in [1.29, 1.82) is 0 Å². The molecule has 1 fully saturated rings. The number of para-hydroxylation sites is 1. The predicted molar refractivity (Wildman–Crippen MR) is 95.7 cm³/mol. The van der Waals surface area contributed by atoms with Gasteiger partial charge < -0.3 is 24.8 Å². The zero-order valence-corrected chi connectivity index (χ0v) is 14.9. The van der Waals surface area contributed by atoms with Gasteiger partial charge in [0.25, 0.3) is 11.8 Å². The van der Waals surface area contributed by atoms with Crippen molar-refractivity contribution in [2.24, 2.45) is 0 Å². The first-order valence-corrected chi connectivity index (χ1v) is 8.95. The molecule has 0 radical (unpaired) electrons. The summed E-state index contributed by atoms with van der Waals surface area (Å²) in [6.45, 7) is 0.103. The monoisotopic (exact) mass is 374 g/mol. The van der Waals surface area contributed by atoms with Crippen molar-refractivity contribution < 1.29 is 28.6 Å². The maximum atomic E-state index is 12.5. The summed E-state index contributed by atoms with van der Waals surface area (Å²) in [5, 5.41) is 5.59. The van der Waals surface area contributed by atoms with Gasteiger partial charge in [-0.05, 0) is 25.0 Å². The van der Waals surface area contributed by atoms with Gasteiger partial charge in [-0.3, -0.25) is 9.59 Å². The van der Waals surface area contributed by atoms with Gasteiger partial charge in [0, 0.05) is 6.04 Å². The molecule has 0 spiro atoms. The normalized spacial score (nSPS) is 16.5. The van der Waals surface area contributed by atoms with Gasteiger partial charge in [0.05, 0.1) is 11.3 Å². The number of rotatable bonds is 6. The van der Waals surface area contributed by atoms with Crippen molar-refractivity contribution >= 4 is 23.5 Å². The van der Waals surface area contributed by atoms with E-state index in [0.29, 0.717) is 17.9 Å². The fourth-order valence-electron chi connectivity index (χ4n) is 2.99. The Morgan fingerprint density at radius 1 is 1.11 bits per heavy atom. The van der Waals surface area contributed by atoms with Gasteiger partial charge in [0.1, 0.15) is 19.5 Å². The summed E-state index contributed by atoms with van der Waals surface area (Å²) in [5.41, 5.74) is 0.737. The molecular formula is C19H22N2O6. The van der Waals surface area contributed by atoms with Crippen LogP contribution in [0.2, 0.25) is 0 Å². The van der Waals surface area contributed by atoms with Crippen molar-refractivity contribution in [3.63, 3.8) is 0 Å². The van der Waals surface area contributed by atoms with Gasteiger partial charge in [-0.25, -0.2) is 4.79 Å². The lowest BCUT2D eigenvalue weighted by molar-refractivity contribution is -0.148. The Bertz CT molecular complexity index is 739. The Morgan fingerprint density at radius 2 is 1.89 bits per heavy atom. The third kappa shape index (κ3) is 5.22. The van der Waals surface area contributed by atoms with E-state index in [2.05, 4.69) is 10.6 Å². The number of esters is 1. The smallest absolute Gasteiger partial charge is 0.377 e. The van der Waals surface area contributed by atoms with E-state index in [-0.39, 0.29) is 24.3 Å². The minimum atomic E-state index is -0.780. The molecule has 27 heavy (non-hydrogen) atoms. The molecule has 1 aliphatic heterocycles. The average Bonchev–Trinajstić information content (AvgIpc) is 3.20. The highest BCUT2D eigenvalue weighted by molar-refractivity contribution is 6.04. The minimum absolute atomic E-state index is 0.0783. The van der Waals surface area contributed by atoms with E-state index in [1.165, 1.54) is 0 Å². The van der Waals surface area contributed by atoms with Gasteiger partial charge in [0.2, 0.25) is 5.76 Å². The van der Waals surface area contributed by atoms with Crippen LogP contribution in [0.1, 0.15) is 36.0 Å². The second kappa shape index (κ2) is 9.07. The van der Waals surface area contributed by atoms with Crippen molar-refractivity contribution in [3.05, 3.63) is 41.9 Å². The van der Waals surface area contributed by atoms with Crippen LogP contribution in [0.15, 0.2) is 36.3 Å². The first kappa shape index (κ1) is 18.8. The summed E-state index contributed by atoms with van der Waals surface area (Å²) in [5.74, 6) is -1.64. The predicted octanol–water partition coefficient (Wildman–Crippen LogP) is 1.73. The molecule has 3 rings (SSSR count). The molecule has 8 nitrogen and oxygen atoms in total. The van der Waals surface area contributed by atoms with Gasteiger partial charge >= 0.3 is 5.97 Å². The average molecular weight is 374 g/mol. The molecule has 144 valence electrons. The summed E-state index contributed by atoms with van der Waals surface area (Å²) < 4.78 is 14.9. The molecule has 1 saturated carbocycles. The molecule has 1 aromatic rings. The first-order chi connectivity index (χ1) is 13.1. The van der Waals surface area contributed by atoms with Gasteiger partial charge in [-0.2, -0.15) is 0 Å². The minimum Gasteiger partial charge on any atom is -0.493 e. The highest BCUT2D eigenvalue weighted by Gasteiger charge is 2.21. The highest BCUT2D eigenvalue weighted by Crippen LogP contribution is 2.20. The van der Waals surface area contributed by atoms with Crippen LogP contribution in [0.4, 0.5) is 5.69 Å². The number of hydrogen-bond donors (Lipinski definition) is 2. The van der Waals surface area contributed by atoms with E-state index in [9.17, 15) is 14.4 Å². The summed E-state index contributed by atoms with van der Waals surface area (Å²) in [6, 6.07) is 6.89. The second-order valence-corrected chi connectivity index (χ2v) is 6.33. The number of amides is 2. The Hall–Kier alpha value is -3.03. The largest absolute Gasteiger partial charge is 0.493 e. The standard InChI is InChI=1S/C19H22N2O6/c22-17(12-27-19(24)16-11-25-9-10-26-16)21-15-8-4-3-7-14(15)18(23)20-13-5-1-2-6-13/h3-4,7-8,11,13H,1-2,5-6,9-10,12H2,(H,20,23)(H,21,22). The molecule has 8 heteroatoms. The number of nitrogens with one attached hydrogen (secondary N) is 2. The van der Waals surface area contributed by atoms with Crippen LogP contribution in [-0.2, 0) is 23.8 Å². The van der Waals surface area contributed by atoms with E-state index in [1.54, 1.807) is 24.3 Å². The topological polar surface area (TPSA) is 103 Å². The van der Waals surface area contributed by atoms with E-state index in [0.717, 1.165) is 31.9 Å². The van der Waals surface area contributed by atoms with Crippen molar-refractivity contribution in [2.45, 2.75) is 31.7 Å². The number of carbonyl (C=O) groups excluding carboxylic acids is 3. The molecule has 2 amide bonds. The van der Waals surface area contributed by atoms with E-state index in [4.69, 9.17) is 14.2 Å². The van der Waals surface area contributed by atoms with Crippen LogP contribution in [0.25, 0.3) is 0 Å². The van der Waals surface area contributed by atoms with Crippen LogP contribution in [0.3, 0.4) is 0 Å². The lowest BCUT2D eigenvalue weighted by atomic mass is 10.1. The number of benzene rings is 1. The molecule has 2 aliphatic rings. The van der Waals surface area contributed by atoms with E-state index >= 15 is 0 Å². The molecular weight excluding hydrogens is 352 g/mol. The maximum absolute atomic E-state index is 12.5.